The molecule has 0 amide bonds. The minimum absolute atomic E-state index is 0.162. The zero-order valence-corrected chi connectivity index (χ0v) is 19.7. The van der Waals surface area contributed by atoms with Crippen LogP contribution < -0.4 is 5.73 Å². The molecular weight excluding hydrogens is 418 g/mol. The van der Waals surface area contributed by atoms with Crippen molar-refractivity contribution >= 4 is 16.6 Å². The van der Waals surface area contributed by atoms with Crippen LogP contribution in [-0.2, 0) is 12.0 Å². The Kier molecular flexibility index (Phi) is 4.96. The number of nitrogens with two attached hydrogens (primary N) is 1. The standard InChI is InChI=1S/C29H29N5/c1-19(2)17-26-32-33-28-24-18-23(20-7-4-3-5-8-20)27(31-25(24)13-16-34(26)28)21-9-11-22(12-10-21)29(30)14-6-15-29/h3-5,7-13,16,18-19H,6,14-15,17,30H2,1-2H3. The van der Waals surface area contributed by atoms with Crippen molar-refractivity contribution in [2.24, 2.45) is 11.7 Å². The van der Waals surface area contributed by atoms with Crippen LogP contribution in [-0.4, -0.2) is 19.6 Å². The number of hydrogen-bond acceptors (Lipinski definition) is 4. The summed E-state index contributed by atoms with van der Waals surface area (Å²) < 4.78 is 2.10. The van der Waals surface area contributed by atoms with Crippen molar-refractivity contribution in [3.63, 3.8) is 0 Å². The van der Waals surface area contributed by atoms with Gasteiger partial charge in [-0.3, -0.25) is 4.40 Å². The van der Waals surface area contributed by atoms with Gasteiger partial charge in [0.1, 0.15) is 5.82 Å². The molecule has 1 aliphatic rings. The minimum Gasteiger partial charge on any atom is -0.321 e. The number of fused-ring (bicyclic) bond motifs is 3. The van der Waals surface area contributed by atoms with Crippen LogP contribution in [0.3, 0.4) is 0 Å². The van der Waals surface area contributed by atoms with E-state index in [9.17, 15) is 0 Å². The molecule has 1 saturated carbocycles. The molecule has 5 aromatic rings. The first-order valence-electron chi connectivity index (χ1n) is 12.1. The second-order valence-electron chi connectivity index (χ2n) is 9.99. The van der Waals surface area contributed by atoms with Gasteiger partial charge in [0.05, 0.1) is 11.2 Å². The SMILES string of the molecule is CC(C)Cc1nnc2c3cc(-c4ccccc4)c(-c4ccc(C5(N)CCC5)cc4)nc3ccn12. The van der Waals surface area contributed by atoms with E-state index in [0.29, 0.717) is 5.92 Å². The summed E-state index contributed by atoms with van der Waals surface area (Å²) in [5.74, 6) is 1.50. The molecule has 1 fully saturated rings. The van der Waals surface area contributed by atoms with E-state index in [1.54, 1.807) is 0 Å². The molecule has 0 bridgehead atoms. The molecule has 3 heterocycles. The van der Waals surface area contributed by atoms with E-state index in [1.807, 2.05) is 12.3 Å². The van der Waals surface area contributed by atoms with E-state index in [1.165, 1.54) is 12.0 Å². The maximum Gasteiger partial charge on any atom is 0.170 e. The van der Waals surface area contributed by atoms with E-state index in [4.69, 9.17) is 10.7 Å². The molecule has 0 aliphatic heterocycles. The zero-order valence-electron chi connectivity index (χ0n) is 19.7. The fourth-order valence-corrected chi connectivity index (χ4v) is 5.01. The van der Waals surface area contributed by atoms with E-state index >= 15 is 0 Å². The number of benzene rings is 2. The molecule has 170 valence electrons. The van der Waals surface area contributed by atoms with Gasteiger partial charge in [-0.2, -0.15) is 0 Å². The molecule has 0 unspecified atom stereocenters. The topological polar surface area (TPSA) is 69.1 Å². The highest BCUT2D eigenvalue weighted by Crippen LogP contribution is 2.40. The predicted octanol–water partition coefficient (Wildman–Crippen LogP) is 6.15. The van der Waals surface area contributed by atoms with Crippen LogP contribution in [0.1, 0.15) is 44.5 Å². The van der Waals surface area contributed by atoms with Crippen LogP contribution >= 0.6 is 0 Å². The summed E-state index contributed by atoms with van der Waals surface area (Å²) in [7, 11) is 0. The number of pyridine rings is 2. The Hall–Kier alpha value is -3.57. The predicted molar refractivity (Wildman–Crippen MR) is 137 cm³/mol. The van der Waals surface area contributed by atoms with Crippen molar-refractivity contribution in [2.75, 3.05) is 0 Å². The van der Waals surface area contributed by atoms with Crippen LogP contribution in [0, 0.1) is 5.92 Å². The summed E-state index contributed by atoms with van der Waals surface area (Å²) in [6.07, 6.45) is 6.26. The lowest BCUT2D eigenvalue weighted by molar-refractivity contribution is 0.253. The first-order chi connectivity index (χ1) is 16.5. The second-order valence-corrected chi connectivity index (χ2v) is 9.99. The highest BCUT2D eigenvalue weighted by atomic mass is 15.2. The second kappa shape index (κ2) is 8.03. The van der Waals surface area contributed by atoms with Crippen LogP contribution in [0.4, 0.5) is 0 Å². The van der Waals surface area contributed by atoms with Crippen LogP contribution in [0.25, 0.3) is 38.9 Å². The normalized spacial score (nSPS) is 15.2. The number of nitrogens with zero attached hydrogens (tertiary/aromatic N) is 4. The average molecular weight is 448 g/mol. The van der Waals surface area contributed by atoms with Gasteiger partial charge in [-0.25, -0.2) is 4.98 Å². The lowest BCUT2D eigenvalue weighted by Crippen LogP contribution is -2.43. The van der Waals surface area contributed by atoms with Crippen molar-refractivity contribution in [3.05, 3.63) is 84.3 Å². The quantitative estimate of drug-likeness (QED) is 0.351. The fourth-order valence-electron chi connectivity index (χ4n) is 5.01. The number of hydrogen-bond donors (Lipinski definition) is 1. The van der Waals surface area contributed by atoms with Crippen molar-refractivity contribution in [1.29, 1.82) is 0 Å². The average Bonchev–Trinajstić information content (AvgIpc) is 3.25. The van der Waals surface area contributed by atoms with Crippen molar-refractivity contribution < 1.29 is 0 Å². The first-order valence-corrected chi connectivity index (χ1v) is 12.1. The highest BCUT2D eigenvalue weighted by molar-refractivity contribution is 5.98. The van der Waals surface area contributed by atoms with Gasteiger partial charge in [0.2, 0.25) is 0 Å². The Morgan fingerprint density at radius 3 is 2.38 bits per heavy atom. The molecule has 2 aromatic carbocycles. The molecule has 5 heteroatoms. The smallest absolute Gasteiger partial charge is 0.170 e. The third-order valence-electron chi connectivity index (χ3n) is 7.10. The molecule has 3 aromatic heterocycles. The maximum atomic E-state index is 6.56. The molecule has 34 heavy (non-hydrogen) atoms. The Balaban J connectivity index is 1.54. The van der Waals surface area contributed by atoms with Crippen molar-refractivity contribution in [1.82, 2.24) is 19.6 Å². The molecule has 0 spiro atoms. The fraction of sp³-hybridized carbons (Fsp3) is 0.276. The summed E-state index contributed by atoms with van der Waals surface area (Å²) in [6.45, 7) is 4.40. The van der Waals surface area contributed by atoms with E-state index in [-0.39, 0.29) is 5.54 Å². The lowest BCUT2D eigenvalue weighted by atomic mass is 9.72. The Morgan fingerprint density at radius 2 is 1.71 bits per heavy atom. The molecular formula is C29H29N5. The Bertz CT molecular complexity index is 1480. The Morgan fingerprint density at radius 1 is 0.941 bits per heavy atom. The van der Waals surface area contributed by atoms with Gasteiger partial charge >= 0.3 is 0 Å². The summed E-state index contributed by atoms with van der Waals surface area (Å²) in [6, 6.07) is 23.4. The molecule has 0 saturated heterocycles. The summed E-state index contributed by atoms with van der Waals surface area (Å²) in [5, 5.41) is 10.1. The molecule has 6 rings (SSSR count). The minimum atomic E-state index is -0.162. The van der Waals surface area contributed by atoms with Gasteiger partial charge in [-0.15, -0.1) is 10.2 Å². The highest BCUT2D eigenvalue weighted by Gasteiger charge is 2.34. The summed E-state index contributed by atoms with van der Waals surface area (Å²) >= 11 is 0. The van der Waals surface area contributed by atoms with Crippen molar-refractivity contribution in [2.45, 2.75) is 45.1 Å². The Labute approximate surface area is 199 Å². The summed E-state index contributed by atoms with van der Waals surface area (Å²) in [4.78, 5) is 5.16. The van der Waals surface area contributed by atoms with E-state index in [2.05, 4.69) is 89.1 Å². The third-order valence-corrected chi connectivity index (χ3v) is 7.10. The van der Waals surface area contributed by atoms with Gasteiger partial charge in [0.15, 0.2) is 5.65 Å². The van der Waals surface area contributed by atoms with E-state index < -0.39 is 0 Å². The zero-order chi connectivity index (χ0) is 23.3. The molecule has 0 atom stereocenters. The van der Waals surface area contributed by atoms with Crippen LogP contribution in [0.5, 0.6) is 0 Å². The maximum absolute atomic E-state index is 6.56. The number of rotatable bonds is 5. The summed E-state index contributed by atoms with van der Waals surface area (Å²) in [5.41, 5.74) is 13.7. The number of aromatic nitrogens is 4. The van der Waals surface area contributed by atoms with Gasteiger partial charge in [0.25, 0.3) is 0 Å². The molecule has 0 radical (unpaired) electrons. The molecule has 1 aliphatic carbocycles. The van der Waals surface area contributed by atoms with Crippen LogP contribution in [0.15, 0.2) is 72.9 Å². The van der Waals surface area contributed by atoms with Gasteiger partial charge in [0, 0.05) is 34.7 Å². The third kappa shape index (κ3) is 3.48. The van der Waals surface area contributed by atoms with Crippen LogP contribution in [0.2, 0.25) is 0 Å². The van der Waals surface area contributed by atoms with E-state index in [0.717, 1.165) is 64.0 Å². The van der Waals surface area contributed by atoms with Gasteiger partial charge in [-0.1, -0.05) is 68.4 Å². The van der Waals surface area contributed by atoms with Crippen molar-refractivity contribution in [3.8, 4) is 22.4 Å². The molecule has 5 nitrogen and oxygen atoms in total. The van der Waals surface area contributed by atoms with Gasteiger partial charge < -0.3 is 5.73 Å². The monoisotopic (exact) mass is 447 g/mol. The first kappa shape index (κ1) is 21.0. The van der Waals surface area contributed by atoms with Gasteiger partial charge in [-0.05, 0) is 48.4 Å². The lowest BCUT2D eigenvalue weighted by Gasteiger charge is -2.38. The molecule has 2 N–H and O–H groups in total. The largest absolute Gasteiger partial charge is 0.321 e.